The molecule has 0 bridgehead atoms. The van der Waals surface area contributed by atoms with Crippen molar-refractivity contribution in [2.75, 3.05) is 39.9 Å². The molecule has 2 fully saturated rings. The number of benzene rings is 1. The average Bonchev–Trinajstić information content (AvgIpc) is 3.17. The third kappa shape index (κ3) is 3.79. The molecule has 1 aromatic rings. The fourth-order valence-electron chi connectivity index (χ4n) is 3.66. The molecule has 0 spiro atoms. The van der Waals surface area contributed by atoms with E-state index in [9.17, 15) is 4.79 Å². The van der Waals surface area contributed by atoms with E-state index in [0.29, 0.717) is 13.2 Å². The Morgan fingerprint density at radius 2 is 2.00 bits per heavy atom. The maximum absolute atomic E-state index is 13.3. The number of amides is 1. The number of hydrogen-bond acceptors (Lipinski definition) is 4. The fourth-order valence-corrected chi connectivity index (χ4v) is 3.66. The van der Waals surface area contributed by atoms with Crippen molar-refractivity contribution in [1.82, 2.24) is 9.80 Å². The predicted octanol–water partition coefficient (Wildman–Crippen LogP) is 2.29. The molecule has 1 amide bonds. The van der Waals surface area contributed by atoms with Gasteiger partial charge in [-0.1, -0.05) is 37.3 Å². The molecule has 2 atom stereocenters. The van der Waals surface area contributed by atoms with E-state index in [2.05, 4.69) is 11.8 Å². The summed E-state index contributed by atoms with van der Waals surface area (Å²) in [6.07, 6.45) is 1.94. The molecule has 132 valence electrons. The minimum Gasteiger partial charge on any atom is -0.350 e. The van der Waals surface area contributed by atoms with Crippen LogP contribution < -0.4 is 0 Å². The average molecular weight is 332 g/mol. The zero-order valence-electron chi connectivity index (χ0n) is 14.7. The van der Waals surface area contributed by atoms with E-state index >= 15 is 0 Å². The van der Waals surface area contributed by atoms with Crippen LogP contribution in [-0.4, -0.2) is 61.9 Å². The molecule has 2 aliphatic rings. The lowest BCUT2D eigenvalue weighted by atomic mass is 9.95. The van der Waals surface area contributed by atoms with Gasteiger partial charge in [-0.2, -0.15) is 0 Å². The molecule has 0 saturated carbocycles. The van der Waals surface area contributed by atoms with Crippen molar-refractivity contribution in [1.29, 1.82) is 0 Å². The van der Waals surface area contributed by atoms with Crippen LogP contribution in [0.4, 0.5) is 0 Å². The van der Waals surface area contributed by atoms with Crippen LogP contribution >= 0.6 is 0 Å². The van der Waals surface area contributed by atoms with Crippen molar-refractivity contribution in [2.24, 2.45) is 5.92 Å². The number of carbonyl (C=O) groups excluding carboxylic acids is 1. The molecule has 2 heterocycles. The van der Waals surface area contributed by atoms with Gasteiger partial charge in [-0.3, -0.25) is 9.69 Å². The van der Waals surface area contributed by atoms with Crippen LogP contribution in [0.5, 0.6) is 0 Å². The van der Waals surface area contributed by atoms with Gasteiger partial charge in [0.15, 0.2) is 6.29 Å². The van der Waals surface area contributed by atoms with Gasteiger partial charge in [-0.25, -0.2) is 0 Å². The molecule has 5 nitrogen and oxygen atoms in total. The van der Waals surface area contributed by atoms with Crippen LogP contribution in [-0.2, 0) is 14.3 Å². The zero-order chi connectivity index (χ0) is 16.9. The summed E-state index contributed by atoms with van der Waals surface area (Å²) in [5.41, 5.74) is 1.06. The molecule has 5 heteroatoms. The Labute approximate surface area is 144 Å². The van der Waals surface area contributed by atoms with E-state index in [-0.39, 0.29) is 24.2 Å². The van der Waals surface area contributed by atoms with Crippen LogP contribution in [0.25, 0.3) is 0 Å². The topological polar surface area (TPSA) is 42.0 Å². The van der Waals surface area contributed by atoms with Gasteiger partial charge in [0, 0.05) is 19.0 Å². The lowest BCUT2D eigenvalue weighted by Gasteiger charge is -2.38. The molecule has 2 unspecified atom stereocenters. The number of hydrogen-bond donors (Lipinski definition) is 0. The monoisotopic (exact) mass is 332 g/mol. The van der Waals surface area contributed by atoms with Crippen LogP contribution in [0, 0.1) is 5.92 Å². The summed E-state index contributed by atoms with van der Waals surface area (Å²) >= 11 is 0. The lowest BCUT2D eigenvalue weighted by Crippen LogP contribution is -2.48. The summed E-state index contributed by atoms with van der Waals surface area (Å²) in [6.45, 7) is 5.80. The fraction of sp³-hybridized carbons (Fsp3) is 0.632. The molecule has 2 saturated heterocycles. The van der Waals surface area contributed by atoms with Gasteiger partial charge in [-0.15, -0.1) is 0 Å². The Hall–Kier alpha value is -1.43. The highest BCUT2D eigenvalue weighted by Gasteiger charge is 2.36. The van der Waals surface area contributed by atoms with Crippen molar-refractivity contribution < 1.29 is 14.3 Å². The second-order valence-corrected chi connectivity index (χ2v) is 6.68. The summed E-state index contributed by atoms with van der Waals surface area (Å²) in [5, 5.41) is 0. The number of likely N-dealkylation sites (N-methyl/N-ethyl adjacent to an activating group) is 1. The Morgan fingerprint density at radius 1 is 1.29 bits per heavy atom. The van der Waals surface area contributed by atoms with Crippen molar-refractivity contribution in [3.63, 3.8) is 0 Å². The normalized spacial score (nSPS) is 23.6. The second-order valence-electron chi connectivity index (χ2n) is 6.68. The summed E-state index contributed by atoms with van der Waals surface area (Å²) in [4.78, 5) is 17.4. The van der Waals surface area contributed by atoms with Crippen LogP contribution in [0.15, 0.2) is 30.3 Å². The maximum Gasteiger partial charge on any atom is 0.244 e. The van der Waals surface area contributed by atoms with Gasteiger partial charge >= 0.3 is 0 Å². The molecule has 0 aliphatic carbocycles. The number of carbonyl (C=O) groups is 1. The van der Waals surface area contributed by atoms with E-state index in [1.807, 2.05) is 42.3 Å². The molecular formula is C19H28N2O3. The number of ether oxygens (including phenoxy) is 2. The first-order valence-corrected chi connectivity index (χ1v) is 8.98. The van der Waals surface area contributed by atoms with Gasteiger partial charge in [0.2, 0.25) is 5.91 Å². The molecule has 0 aromatic heterocycles. The van der Waals surface area contributed by atoms with E-state index in [1.165, 1.54) is 0 Å². The molecule has 0 N–H and O–H groups in total. The van der Waals surface area contributed by atoms with Gasteiger partial charge < -0.3 is 14.4 Å². The molecule has 1 aromatic carbocycles. The Kier molecular flexibility index (Phi) is 5.87. The largest absolute Gasteiger partial charge is 0.350 e. The molecule has 0 radical (unpaired) electrons. The van der Waals surface area contributed by atoms with Crippen LogP contribution in [0.3, 0.4) is 0 Å². The van der Waals surface area contributed by atoms with Gasteiger partial charge in [0.25, 0.3) is 0 Å². The number of nitrogens with zero attached hydrogens (tertiary/aromatic N) is 2. The number of piperidine rings is 1. The first-order valence-electron chi connectivity index (χ1n) is 8.98. The van der Waals surface area contributed by atoms with E-state index in [1.54, 1.807) is 0 Å². The Morgan fingerprint density at radius 3 is 2.67 bits per heavy atom. The highest BCUT2D eigenvalue weighted by Crippen LogP contribution is 2.28. The smallest absolute Gasteiger partial charge is 0.244 e. The van der Waals surface area contributed by atoms with Crippen molar-refractivity contribution in [3.8, 4) is 0 Å². The van der Waals surface area contributed by atoms with Crippen LogP contribution in [0.1, 0.15) is 31.4 Å². The molecular weight excluding hydrogens is 304 g/mol. The van der Waals surface area contributed by atoms with E-state index in [0.717, 1.165) is 38.0 Å². The van der Waals surface area contributed by atoms with E-state index in [4.69, 9.17) is 9.47 Å². The quantitative estimate of drug-likeness (QED) is 0.830. The Bertz CT molecular complexity index is 531. The zero-order valence-corrected chi connectivity index (χ0v) is 14.7. The van der Waals surface area contributed by atoms with Gasteiger partial charge in [-0.05, 0) is 32.0 Å². The summed E-state index contributed by atoms with van der Waals surface area (Å²) < 4.78 is 11.3. The van der Waals surface area contributed by atoms with Crippen molar-refractivity contribution in [2.45, 2.75) is 32.1 Å². The van der Waals surface area contributed by atoms with Gasteiger partial charge in [0.1, 0.15) is 6.04 Å². The lowest BCUT2D eigenvalue weighted by molar-refractivity contribution is -0.144. The van der Waals surface area contributed by atoms with Crippen molar-refractivity contribution >= 4 is 5.91 Å². The minimum atomic E-state index is -0.222. The third-order valence-corrected chi connectivity index (χ3v) is 5.09. The first-order chi connectivity index (χ1) is 11.7. The summed E-state index contributed by atoms with van der Waals surface area (Å²) in [5.74, 6) is 0.474. The van der Waals surface area contributed by atoms with E-state index < -0.39 is 0 Å². The maximum atomic E-state index is 13.3. The summed E-state index contributed by atoms with van der Waals surface area (Å²) in [7, 11) is 2.01. The SMILES string of the molecule is CCN(C)C(C(=O)N1CCCC(C2OCCO2)C1)c1ccccc1. The third-order valence-electron chi connectivity index (χ3n) is 5.09. The highest BCUT2D eigenvalue weighted by atomic mass is 16.7. The highest BCUT2D eigenvalue weighted by molar-refractivity contribution is 5.83. The standard InChI is InChI=1S/C19H28N2O3/c1-3-20(2)17(15-8-5-4-6-9-15)18(22)21-11-7-10-16(14-21)19-23-12-13-24-19/h4-6,8-9,16-17,19H,3,7,10-14H2,1-2H3. The Balaban J connectivity index is 1.74. The summed E-state index contributed by atoms with van der Waals surface area (Å²) in [6, 6.07) is 9.85. The number of rotatable bonds is 5. The first kappa shape index (κ1) is 17.4. The number of likely N-dealkylation sites (tertiary alicyclic amines) is 1. The van der Waals surface area contributed by atoms with Crippen molar-refractivity contribution in [3.05, 3.63) is 35.9 Å². The predicted molar refractivity (Wildman–Crippen MR) is 92.5 cm³/mol. The van der Waals surface area contributed by atoms with Crippen LogP contribution in [0.2, 0.25) is 0 Å². The second kappa shape index (κ2) is 8.10. The molecule has 2 aliphatic heterocycles. The van der Waals surface area contributed by atoms with Gasteiger partial charge in [0.05, 0.1) is 13.2 Å². The molecule has 3 rings (SSSR count). The minimum absolute atomic E-state index is 0.139. The molecule has 24 heavy (non-hydrogen) atoms.